The molecule has 0 saturated heterocycles. The second-order valence-electron chi connectivity index (χ2n) is 6.66. The molecule has 3 unspecified atom stereocenters. The molecular weight excluding hydrogens is 282 g/mol. The first-order valence-corrected chi connectivity index (χ1v) is 8.58. The molecule has 0 radical (unpaired) electrons. The van der Waals surface area contributed by atoms with E-state index in [4.69, 9.17) is 16.3 Å². The number of benzene rings is 1. The summed E-state index contributed by atoms with van der Waals surface area (Å²) >= 11 is 6.29. The van der Waals surface area contributed by atoms with Gasteiger partial charge in [-0.25, -0.2) is 0 Å². The Balaban J connectivity index is 2.09. The molecule has 1 aliphatic rings. The largest absolute Gasteiger partial charge is 0.492 e. The first-order chi connectivity index (χ1) is 10.0. The molecule has 1 N–H and O–H groups in total. The van der Waals surface area contributed by atoms with Crippen LogP contribution in [-0.4, -0.2) is 12.6 Å². The zero-order valence-electron chi connectivity index (χ0n) is 13.7. The van der Waals surface area contributed by atoms with E-state index in [1.807, 2.05) is 19.1 Å². The van der Waals surface area contributed by atoms with E-state index in [1.54, 1.807) is 0 Å². The van der Waals surface area contributed by atoms with Crippen molar-refractivity contribution in [3.63, 3.8) is 0 Å². The molecule has 0 spiro atoms. The fraction of sp³-hybridized carbons (Fsp3) is 0.667. The lowest BCUT2D eigenvalue weighted by Gasteiger charge is -2.38. The van der Waals surface area contributed by atoms with Gasteiger partial charge < -0.3 is 10.1 Å². The Bertz CT molecular complexity index is 461. The lowest BCUT2D eigenvalue weighted by Crippen LogP contribution is -2.37. The Morgan fingerprint density at radius 2 is 2.10 bits per heavy atom. The summed E-state index contributed by atoms with van der Waals surface area (Å²) in [5.41, 5.74) is 1.10. The molecule has 1 fully saturated rings. The number of nitrogens with one attached hydrogen (secondary N) is 1. The van der Waals surface area contributed by atoms with Crippen LogP contribution in [0.3, 0.4) is 0 Å². The zero-order valence-corrected chi connectivity index (χ0v) is 14.4. The molecular formula is C18H28ClNO. The van der Waals surface area contributed by atoms with Gasteiger partial charge in [0.15, 0.2) is 0 Å². The summed E-state index contributed by atoms with van der Waals surface area (Å²) in [6, 6.07) is 6.57. The molecule has 21 heavy (non-hydrogen) atoms. The second-order valence-corrected chi connectivity index (χ2v) is 7.06. The number of hydrogen-bond donors (Lipinski definition) is 1. The van der Waals surface area contributed by atoms with E-state index in [-0.39, 0.29) is 0 Å². The van der Waals surface area contributed by atoms with Crippen molar-refractivity contribution < 1.29 is 4.74 Å². The maximum atomic E-state index is 6.29. The summed E-state index contributed by atoms with van der Waals surface area (Å²) in [5, 5.41) is 4.40. The highest BCUT2D eigenvalue weighted by Gasteiger charge is 2.30. The summed E-state index contributed by atoms with van der Waals surface area (Å²) in [5.74, 6) is 3.03. The summed E-state index contributed by atoms with van der Waals surface area (Å²) in [7, 11) is 0. The van der Waals surface area contributed by atoms with Gasteiger partial charge in [0.25, 0.3) is 0 Å². The van der Waals surface area contributed by atoms with E-state index >= 15 is 0 Å². The predicted molar refractivity (Wildman–Crippen MR) is 91.4 cm³/mol. The van der Waals surface area contributed by atoms with Gasteiger partial charge in [0.2, 0.25) is 0 Å². The van der Waals surface area contributed by atoms with Crippen molar-refractivity contribution in [2.24, 2.45) is 17.8 Å². The van der Waals surface area contributed by atoms with Gasteiger partial charge in [-0.2, -0.15) is 0 Å². The molecule has 0 heterocycles. The van der Waals surface area contributed by atoms with Crippen LogP contribution in [0.1, 0.15) is 47.0 Å². The highest BCUT2D eigenvalue weighted by Crippen LogP contribution is 2.36. The first kappa shape index (κ1) is 16.5. The highest BCUT2D eigenvalue weighted by molar-refractivity contribution is 6.32. The van der Waals surface area contributed by atoms with Crippen LogP contribution >= 0.6 is 11.6 Å². The number of ether oxygens (including phenoxy) is 1. The molecule has 2 nitrogen and oxygen atoms in total. The number of anilines is 1. The second kappa shape index (κ2) is 7.40. The van der Waals surface area contributed by atoms with Gasteiger partial charge in [0.05, 0.1) is 11.6 Å². The maximum Gasteiger partial charge on any atom is 0.138 e. The van der Waals surface area contributed by atoms with Gasteiger partial charge in [-0.3, -0.25) is 0 Å². The zero-order chi connectivity index (χ0) is 15.4. The van der Waals surface area contributed by atoms with Crippen LogP contribution in [0, 0.1) is 17.8 Å². The SMILES string of the molecule is CCOc1ccc(NC2CC(C)CCC2C(C)C)cc1Cl. The van der Waals surface area contributed by atoms with Crippen molar-refractivity contribution in [3.05, 3.63) is 23.2 Å². The van der Waals surface area contributed by atoms with Gasteiger partial charge in [0.1, 0.15) is 5.75 Å². The molecule has 1 saturated carbocycles. The number of hydrogen-bond acceptors (Lipinski definition) is 2. The van der Waals surface area contributed by atoms with Crippen molar-refractivity contribution in [2.75, 3.05) is 11.9 Å². The van der Waals surface area contributed by atoms with Gasteiger partial charge >= 0.3 is 0 Å². The van der Waals surface area contributed by atoms with Crippen molar-refractivity contribution in [1.82, 2.24) is 0 Å². The van der Waals surface area contributed by atoms with Crippen LogP contribution < -0.4 is 10.1 Å². The third-order valence-corrected chi connectivity index (χ3v) is 4.90. The summed E-state index contributed by atoms with van der Waals surface area (Å²) in [4.78, 5) is 0. The molecule has 3 atom stereocenters. The van der Waals surface area contributed by atoms with Crippen LogP contribution in [0.15, 0.2) is 18.2 Å². The van der Waals surface area contributed by atoms with Crippen LogP contribution in [0.5, 0.6) is 5.75 Å². The van der Waals surface area contributed by atoms with Crippen LogP contribution in [0.25, 0.3) is 0 Å². The van der Waals surface area contributed by atoms with Gasteiger partial charge in [-0.15, -0.1) is 0 Å². The third kappa shape index (κ3) is 4.29. The topological polar surface area (TPSA) is 21.3 Å². The third-order valence-electron chi connectivity index (χ3n) is 4.61. The van der Waals surface area contributed by atoms with Crippen molar-refractivity contribution >= 4 is 17.3 Å². The van der Waals surface area contributed by atoms with E-state index in [0.717, 1.165) is 23.3 Å². The van der Waals surface area contributed by atoms with Gasteiger partial charge in [0, 0.05) is 11.7 Å². The summed E-state index contributed by atoms with van der Waals surface area (Å²) in [6.45, 7) is 9.64. The summed E-state index contributed by atoms with van der Waals surface area (Å²) < 4.78 is 5.50. The van der Waals surface area contributed by atoms with E-state index in [9.17, 15) is 0 Å². The van der Waals surface area contributed by atoms with E-state index < -0.39 is 0 Å². The molecule has 1 aromatic carbocycles. The first-order valence-electron chi connectivity index (χ1n) is 8.20. The monoisotopic (exact) mass is 309 g/mol. The van der Waals surface area contributed by atoms with E-state index in [0.29, 0.717) is 23.6 Å². The smallest absolute Gasteiger partial charge is 0.138 e. The van der Waals surface area contributed by atoms with E-state index in [2.05, 4.69) is 32.2 Å². The summed E-state index contributed by atoms with van der Waals surface area (Å²) in [6.07, 6.45) is 3.92. The molecule has 0 aromatic heterocycles. The fourth-order valence-electron chi connectivity index (χ4n) is 3.45. The molecule has 1 aromatic rings. The molecule has 0 aliphatic heterocycles. The standard InChI is InChI=1S/C18H28ClNO/c1-5-21-18-9-7-14(11-16(18)19)20-17-10-13(4)6-8-15(17)12(2)3/h7,9,11-13,15,17,20H,5-6,8,10H2,1-4H3. The lowest BCUT2D eigenvalue weighted by molar-refractivity contribution is 0.212. The minimum Gasteiger partial charge on any atom is -0.492 e. The lowest BCUT2D eigenvalue weighted by atomic mass is 9.74. The Labute approximate surface area is 134 Å². The average Bonchev–Trinajstić information content (AvgIpc) is 2.42. The fourth-order valence-corrected chi connectivity index (χ4v) is 3.68. The highest BCUT2D eigenvalue weighted by atomic mass is 35.5. The molecule has 1 aliphatic carbocycles. The quantitative estimate of drug-likeness (QED) is 0.763. The van der Waals surface area contributed by atoms with Crippen molar-refractivity contribution in [1.29, 1.82) is 0 Å². The Hall–Kier alpha value is -0.890. The molecule has 2 rings (SSSR count). The number of halogens is 1. The average molecular weight is 310 g/mol. The van der Waals surface area contributed by atoms with Crippen LogP contribution in [0.2, 0.25) is 5.02 Å². The van der Waals surface area contributed by atoms with Gasteiger partial charge in [-0.1, -0.05) is 38.8 Å². The molecule has 3 heteroatoms. The van der Waals surface area contributed by atoms with E-state index in [1.165, 1.54) is 19.3 Å². The van der Waals surface area contributed by atoms with Crippen molar-refractivity contribution in [2.45, 2.75) is 53.0 Å². The number of rotatable bonds is 5. The van der Waals surface area contributed by atoms with Crippen molar-refractivity contribution in [3.8, 4) is 5.75 Å². The molecule has 0 amide bonds. The normalized spacial score (nSPS) is 25.9. The predicted octanol–water partition coefficient (Wildman–Crippen LogP) is 5.61. The molecule has 0 bridgehead atoms. The minimum absolute atomic E-state index is 0.544. The van der Waals surface area contributed by atoms with Crippen LogP contribution in [0.4, 0.5) is 5.69 Å². The minimum atomic E-state index is 0.544. The van der Waals surface area contributed by atoms with Crippen LogP contribution in [-0.2, 0) is 0 Å². The Morgan fingerprint density at radius 3 is 2.71 bits per heavy atom. The molecule has 118 valence electrons. The maximum absolute atomic E-state index is 6.29. The Morgan fingerprint density at radius 1 is 1.33 bits per heavy atom. The van der Waals surface area contributed by atoms with Gasteiger partial charge in [-0.05, 0) is 55.7 Å². The Kier molecular flexibility index (Phi) is 5.80.